The summed E-state index contributed by atoms with van der Waals surface area (Å²) in [6.07, 6.45) is 11.0. The molecule has 7 aromatic rings. The van der Waals surface area contributed by atoms with Crippen LogP contribution in [-0.4, -0.2) is 0 Å². The first-order valence-corrected chi connectivity index (χ1v) is 15.2. The van der Waals surface area contributed by atoms with E-state index < -0.39 is 0 Å². The molecule has 1 aliphatic carbocycles. The Morgan fingerprint density at radius 1 is 0.605 bits per heavy atom. The van der Waals surface area contributed by atoms with Gasteiger partial charge >= 0.3 is 0 Å². The SMILES string of the molecule is C=c1c(-c2ccc3ccccc3c2)c2ccccc2c(C2=c3cc4ccc5ccccc5c4cc3=CCC2)c1=CC=CC. The minimum absolute atomic E-state index is 1.00. The van der Waals surface area contributed by atoms with Crippen molar-refractivity contribution in [3.63, 3.8) is 0 Å². The first kappa shape index (κ1) is 25.5. The Labute approximate surface area is 251 Å². The van der Waals surface area contributed by atoms with Crippen LogP contribution in [0.4, 0.5) is 0 Å². The molecule has 0 aliphatic heterocycles. The van der Waals surface area contributed by atoms with E-state index in [1.54, 1.807) is 0 Å². The topological polar surface area (TPSA) is 0 Å². The molecule has 0 saturated carbocycles. The van der Waals surface area contributed by atoms with E-state index in [9.17, 15) is 0 Å². The molecule has 0 spiro atoms. The lowest BCUT2D eigenvalue weighted by atomic mass is 9.84. The molecule has 0 saturated heterocycles. The van der Waals surface area contributed by atoms with Crippen molar-refractivity contribution in [2.45, 2.75) is 19.8 Å². The highest BCUT2D eigenvalue weighted by atomic mass is 14.2. The predicted molar refractivity (Wildman–Crippen MR) is 188 cm³/mol. The van der Waals surface area contributed by atoms with E-state index in [1.807, 2.05) is 0 Å². The number of allylic oxidation sites excluding steroid dienone is 2. The minimum atomic E-state index is 1.00. The summed E-state index contributed by atoms with van der Waals surface area (Å²) in [5, 5.41) is 15.2. The van der Waals surface area contributed by atoms with Crippen LogP contribution in [0.3, 0.4) is 0 Å². The van der Waals surface area contributed by atoms with Crippen LogP contribution in [0.15, 0.2) is 127 Å². The van der Waals surface area contributed by atoms with Gasteiger partial charge in [0, 0.05) is 0 Å². The van der Waals surface area contributed by atoms with Gasteiger partial charge in [0.25, 0.3) is 0 Å². The fourth-order valence-corrected chi connectivity index (χ4v) is 7.16. The van der Waals surface area contributed by atoms with Crippen LogP contribution in [0, 0.1) is 0 Å². The zero-order valence-corrected chi connectivity index (χ0v) is 24.4. The molecule has 0 unspecified atom stereocenters. The van der Waals surface area contributed by atoms with Crippen LogP contribution in [0.1, 0.15) is 25.3 Å². The van der Waals surface area contributed by atoms with E-state index in [0.717, 1.165) is 18.1 Å². The summed E-state index contributed by atoms with van der Waals surface area (Å²) in [6.45, 7) is 6.87. The molecule has 1 aliphatic rings. The van der Waals surface area contributed by atoms with Gasteiger partial charge in [-0.05, 0) is 124 Å². The molecule has 0 bridgehead atoms. The molecule has 0 nitrogen and oxygen atoms in total. The Morgan fingerprint density at radius 2 is 1.28 bits per heavy atom. The van der Waals surface area contributed by atoms with Gasteiger partial charge in [-0.2, -0.15) is 0 Å². The summed E-state index contributed by atoms with van der Waals surface area (Å²) in [7, 11) is 0. The Morgan fingerprint density at radius 3 is 2.09 bits per heavy atom. The van der Waals surface area contributed by atoms with Crippen molar-refractivity contribution >= 4 is 67.4 Å². The van der Waals surface area contributed by atoms with Gasteiger partial charge in [0.15, 0.2) is 0 Å². The second-order valence-electron chi connectivity index (χ2n) is 11.6. The molecule has 8 rings (SSSR count). The molecule has 0 heteroatoms. The zero-order valence-electron chi connectivity index (χ0n) is 24.4. The van der Waals surface area contributed by atoms with Crippen molar-refractivity contribution in [1.29, 1.82) is 0 Å². The second-order valence-corrected chi connectivity index (χ2v) is 11.6. The monoisotopic (exact) mass is 548 g/mol. The summed E-state index contributed by atoms with van der Waals surface area (Å²) in [4.78, 5) is 0. The highest BCUT2D eigenvalue weighted by Crippen LogP contribution is 2.32. The average Bonchev–Trinajstić information content (AvgIpc) is 3.06. The first-order chi connectivity index (χ1) is 21.2. The number of hydrogen-bond donors (Lipinski definition) is 0. The molecule has 7 aromatic carbocycles. The van der Waals surface area contributed by atoms with Crippen molar-refractivity contribution in [2.75, 3.05) is 0 Å². The van der Waals surface area contributed by atoms with E-state index >= 15 is 0 Å². The fourth-order valence-electron chi connectivity index (χ4n) is 7.16. The maximum absolute atomic E-state index is 4.79. The van der Waals surface area contributed by atoms with Gasteiger partial charge < -0.3 is 0 Å². The van der Waals surface area contributed by atoms with Crippen LogP contribution >= 0.6 is 0 Å². The van der Waals surface area contributed by atoms with Gasteiger partial charge in [-0.25, -0.2) is 0 Å². The smallest absolute Gasteiger partial charge is 0.00321 e. The Balaban J connectivity index is 1.51. The largest absolute Gasteiger partial charge is 0.0905 e. The average molecular weight is 549 g/mol. The van der Waals surface area contributed by atoms with Crippen LogP contribution in [0.25, 0.3) is 78.5 Å². The van der Waals surface area contributed by atoms with E-state index in [1.165, 1.54) is 81.0 Å². The third-order valence-electron chi connectivity index (χ3n) is 9.16. The Bertz CT molecular complexity index is 2530. The van der Waals surface area contributed by atoms with E-state index in [2.05, 4.69) is 146 Å². The molecule has 0 atom stereocenters. The standard InChI is InChI=1S/C43H32/c1-3-4-16-35-28(2)42(34-24-21-29-12-5-6-14-31(29)25-34)37-18-9-10-19-38(37)43(35)39-20-11-15-32-26-40-33(27-41(32)39)23-22-30-13-7-8-17-36(30)40/h3-10,12-19,21-27H,2,11,20H2,1H3. The molecule has 43 heavy (non-hydrogen) atoms. The van der Waals surface area contributed by atoms with Gasteiger partial charge in [-0.15, -0.1) is 0 Å². The van der Waals surface area contributed by atoms with Crippen LogP contribution in [-0.2, 0) is 0 Å². The van der Waals surface area contributed by atoms with Crippen molar-refractivity contribution in [2.24, 2.45) is 0 Å². The van der Waals surface area contributed by atoms with E-state index in [4.69, 9.17) is 6.58 Å². The van der Waals surface area contributed by atoms with E-state index in [0.29, 0.717) is 0 Å². The number of hydrogen-bond acceptors (Lipinski definition) is 0. The second kappa shape index (κ2) is 10.3. The zero-order chi connectivity index (χ0) is 28.9. The van der Waals surface area contributed by atoms with E-state index in [-0.39, 0.29) is 0 Å². The molecule has 0 heterocycles. The Kier molecular flexibility index (Phi) is 6.09. The maximum Gasteiger partial charge on any atom is -0.00321 e. The van der Waals surface area contributed by atoms with Crippen LogP contribution in [0.2, 0.25) is 0 Å². The quantitative estimate of drug-likeness (QED) is 0.194. The molecular formula is C43H32. The number of fused-ring (bicyclic) bond motifs is 6. The highest BCUT2D eigenvalue weighted by Gasteiger charge is 2.18. The summed E-state index contributed by atoms with van der Waals surface area (Å²) in [6, 6.07) is 42.4. The lowest BCUT2D eigenvalue weighted by Gasteiger charge is -2.19. The first-order valence-electron chi connectivity index (χ1n) is 15.2. The molecule has 0 amide bonds. The van der Waals surface area contributed by atoms with Gasteiger partial charge in [0.2, 0.25) is 0 Å². The lowest BCUT2D eigenvalue weighted by Crippen LogP contribution is -2.35. The van der Waals surface area contributed by atoms with Crippen molar-refractivity contribution in [1.82, 2.24) is 0 Å². The molecule has 0 aromatic heterocycles. The molecule has 0 fully saturated rings. The van der Waals surface area contributed by atoms with Gasteiger partial charge in [-0.3, -0.25) is 0 Å². The molecule has 0 radical (unpaired) electrons. The predicted octanol–water partition coefficient (Wildman–Crippen LogP) is 8.51. The van der Waals surface area contributed by atoms with Crippen molar-refractivity contribution in [3.05, 3.63) is 154 Å². The molecule has 204 valence electrons. The number of rotatable bonds is 3. The summed E-state index contributed by atoms with van der Waals surface area (Å²) in [5.74, 6) is 0. The van der Waals surface area contributed by atoms with Gasteiger partial charge in [0.05, 0.1) is 0 Å². The number of benzene rings is 7. The molecular weight excluding hydrogens is 516 g/mol. The maximum atomic E-state index is 4.79. The van der Waals surface area contributed by atoms with Crippen molar-refractivity contribution in [3.8, 4) is 11.1 Å². The van der Waals surface area contributed by atoms with Gasteiger partial charge in [0.1, 0.15) is 0 Å². The van der Waals surface area contributed by atoms with Gasteiger partial charge in [-0.1, -0.05) is 128 Å². The summed E-state index contributed by atoms with van der Waals surface area (Å²) in [5.41, 5.74) is 5.16. The summed E-state index contributed by atoms with van der Waals surface area (Å²) < 4.78 is 0. The Hall–Kier alpha value is -5.20. The summed E-state index contributed by atoms with van der Waals surface area (Å²) >= 11 is 0. The third kappa shape index (κ3) is 4.14. The minimum Gasteiger partial charge on any atom is -0.0905 e. The fraction of sp³-hybridized carbons (Fsp3) is 0.0698. The molecule has 0 N–H and O–H groups in total. The third-order valence-corrected chi connectivity index (χ3v) is 9.16. The highest BCUT2D eigenvalue weighted by molar-refractivity contribution is 6.08. The normalized spacial score (nSPS) is 13.8. The lowest BCUT2D eigenvalue weighted by molar-refractivity contribution is 1.08. The van der Waals surface area contributed by atoms with Crippen molar-refractivity contribution < 1.29 is 0 Å². The van der Waals surface area contributed by atoms with Crippen LogP contribution in [0.5, 0.6) is 0 Å². The van der Waals surface area contributed by atoms with Crippen LogP contribution < -0.4 is 20.9 Å².